The van der Waals surface area contributed by atoms with Crippen LogP contribution >= 0.6 is 0 Å². The van der Waals surface area contributed by atoms with Crippen LogP contribution in [0.1, 0.15) is 83.8 Å². The zero-order valence-corrected chi connectivity index (χ0v) is 31.0. The number of nitrogens with one attached hydrogen (secondary N) is 2. The summed E-state index contributed by atoms with van der Waals surface area (Å²) in [5.41, 5.74) is -0.476. The molecule has 2 aliphatic heterocycles. The Morgan fingerprint density at radius 1 is 1.13 bits per heavy atom. The van der Waals surface area contributed by atoms with E-state index >= 15 is 0 Å². The topological polar surface area (TPSA) is 182 Å². The fourth-order valence-corrected chi connectivity index (χ4v) is 6.87. The molecule has 0 bridgehead atoms. The van der Waals surface area contributed by atoms with Gasteiger partial charge in [0.15, 0.2) is 0 Å². The van der Waals surface area contributed by atoms with Crippen molar-refractivity contribution in [1.29, 1.82) is 0 Å². The number of benzene rings is 1. The number of carboxylic acid groups (broad SMARTS) is 1. The first-order valence-electron chi connectivity index (χ1n) is 18.4. The molecule has 0 spiro atoms. The molecule has 288 valence electrons. The Hall–Kier alpha value is -5.08. The van der Waals surface area contributed by atoms with E-state index in [1.54, 1.807) is 31.6 Å². The molecule has 1 aliphatic carbocycles. The van der Waals surface area contributed by atoms with E-state index in [9.17, 15) is 29.1 Å². The quantitative estimate of drug-likeness (QED) is 0.165. The molecule has 3 aliphatic rings. The van der Waals surface area contributed by atoms with Crippen LogP contribution in [0.5, 0.6) is 5.75 Å². The van der Waals surface area contributed by atoms with E-state index in [2.05, 4.69) is 29.2 Å². The zero-order valence-electron chi connectivity index (χ0n) is 31.0. The van der Waals surface area contributed by atoms with E-state index in [0.29, 0.717) is 38.3 Å². The molecule has 5 rings (SSSR count). The number of carboxylic acids is 1. The van der Waals surface area contributed by atoms with Gasteiger partial charge in [-0.05, 0) is 62.9 Å². The largest absolute Gasteiger partial charge is 0.492 e. The van der Waals surface area contributed by atoms with Gasteiger partial charge in [-0.15, -0.1) is 6.58 Å². The van der Waals surface area contributed by atoms with Gasteiger partial charge < -0.3 is 34.9 Å². The Balaban J connectivity index is 1.28. The third-order valence-electron chi connectivity index (χ3n) is 9.79. The number of carbonyl (C=O) groups is 5. The monoisotopic (exact) mass is 736 g/mol. The molecule has 0 radical (unpaired) electrons. The maximum absolute atomic E-state index is 14.2. The van der Waals surface area contributed by atoms with Crippen LogP contribution in [0.3, 0.4) is 0 Å². The first kappa shape index (κ1) is 39.1. The Morgan fingerprint density at radius 3 is 2.57 bits per heavy atom. The number of unbranched alkanes of at least 4 members (excludes halogenated alkanes) is 3. The normalized spacial score (nSPS) is 22.4. The van der Waals surface area contributed by atoms with Gasteiger partial charge in [-0.2, -0.15) is 5.10 Å². The average molecular weight is 737 g/mol. The molecule has 53 heavy (non-hydrogen) atoms. The van der Waals surface area contributed by atoms with Crippen molar-refractivity contribution in [3.8, 4) is 5.75 Å². The van der Waals surface area contributed by atoms with Crippen molar-refractivity contribution in [2.24, 2.45) is 5.92 Å². The molecule has 15 heteroatoms. The number of amides is 4. The summed E-state index contributed by atoms with van der Waals surface area (Å²) in [5, 5.41) is 19.5. The molecule has 1 saturated heterocycles. The highest BCUT2D eigenvalue weighted by Gasteiger charge is 2.61. The van der Waals surface area contributed by atoms with E-state index in [4.69, 9.17) is 14.2 Å². The third kappa shape index (κ3) is 9.87. The van der Waals surface area contributed by atoms with E-state index in [-0.39, 0.29) is 25.9 Å². The summed E-state index contributed by atoms with van der Waals surface area (Å²) in [6.45, 7) is 12.4. The number of fused-ring (bicyclic) bond motifs is 1. The molecule has 2 aromatic rings. The van der Waals surface area contributed by atoms with Crippen molar-refractivity contribution in [1.82, 2.24) is 30.2 Å². The minimum Gasteiger partial charge on any atom is -0.492 e. The van der Waals surface area contributed by atoms with Crippen LogP contribution in [0.15, 0.2) is 49.3 Å². The number of carbonyl (C=O) groups excluding carboxylic acids is 4. The SMILES string of the molecule is C=CC1C[C@]1(NC(=O)[C@@H]1C[C@@H](OC(=O)N2Cc3ccc(OCCn4cccn4)cc3C2)CN1C(=O)[C@H](CCCCCC)NC(=O)OC(C)(C)C)C(=O)O. The van der Waals surface area contributed by atoms with Crippen LogP contribution in [0.4, 0.5) is 9.59 Å². The van der Waals surface area contributed by atoms with Crippen LogP contribution in [0.25, 0.3) is 0 Å². The number of nitrogens with zero attached hydrogens (tertiary/aromatic N) is 4. The van der Waals surface area contributed by atoms with E-state index in [0.717, 1.165) is 30.4 Å². The van der Waals surface area contributed by atoms with Crippen LogP contribution < -0.4 is 15.4 Å². The second-order valence-corrected chi connectivity index (χ2v) is 15.0. The molecule has 15 nitrogen and oxygen atoms in total. The van der Waals surface area contributed by atoms with Gasteiger partial charge >= 0.3 is 18.2 Å². The van der Waals surface area contributed by atoms with Gasteiger partial charge in [-0.25, -0.2) is 14.4 Å². The Morgan fingerprint density at radius 2 is 1.91 bits per heavy atom. The lowest BCUT2D eigenvalue weighted by Gasteiger charge is -2.30. The highest BCUT2D eigenvalue weighted by Crippen LogP contribution is 2.45. The van der Waals surface area contributed by atoms with Crippen molar-refractivity contribution in [3.05, 3.63) is 60.4 Å². The molecule has 1 unspecified atom stereocenters. The summed E-state index contributed by atoms with van der Waals surface area (Å²) >= 11 is 0. The maximum atomic E-state index is 14.2. The van der Waals surface area contributed by atoms with Gasteiger partial charge in [0.25, 0.3) is 0 Å². The maximum Gasteiger partial charge on any atom is 0.410 e. The van der Waals surface area contributed by atoms with Crippen molar-refractivity contribution >= 4 is 30.0 Å². The van der Waals surface area contributed by atoms with Gasteiger partial charge in [-0.3, -0.25) is 19.2 Å². The van der Waals surface area contributed by atoms with Crippen LogP contribution in [0, 0.1) is 5.92 Å². The second kappa shape index (κ2) is 16.7. The van der Waals surface area contributed by atoms with Gasteiger partial charge in [-0.1, -0.05) is 44.7 Å². The number of ether oxygens (including phenoxy) is 3. The lowest BCUT2D eigenvalue weighted by Crippen LogP contribution is -2.56. The summed E-state index contributed by atoms with van der Waals surface area (Å²) in [6.07, 6.45) is 6.60. The van der Waals surface area contributed by atoms with Crippen LogP contribution in [0.2, 0.25) is 0 Å². The van der Waals surface area contributed by atoms with E-state index < -0.39 is 65.2 Å². The number of hydrogen-bond donors (Lipinski definition) is 3. The Bertz CT molecular complexity index is 1660. The summed E-state index contributed by atoms with van der Waals surface area (Å²) in [7, 11) is 0. The smallest absolute Gasteiger partial charge is 0.410 e. The zero-order chi connectivity index (χ0) is 38.3. The number of rotatable bonds is 16. The number of aromatic nitrogens is 2. The second-order valence-electron chi connectivity index (χ2n) is 15.0. The molecule has 3 N–H and O–H groups in total. The molecular formula is C38H52N6O9. The minimum atomic E-state index is -1.53. The highest BCUT2D eigenvalue weighted by atomic mass is 16.6. The third-order valence-corrected chi connectivity index (χ3v) is 9.79. The summed E-state index contributed by atoms with van der Waals surface area (Å²) in [4.78, 5) is 69.5. The van der Waals surface area contributed by atoms with Gasteiger partial charge in [0, 0.05) is 37.8 Å². The number of hydrogen-bond acceptors (Lipinski definition) is 9. The first-order valence-corrected chi connectivity index (χ1v) is 18.4. The Labute approximate surface area is 310 Å². The highest BCUT2D eigenvalue weighted by molar-refractivity contribution is 5.96. The van der Waals surface area contributed by atoms with Crippen LogP contribution in [-0.4, -0.2) is 97.1 Å². The molecule has 3 heterocycles. The fourth-order valence-electron chi connectivity index (χ4n) is 6.87. The van der Waals surface area contributed by atoms with Gasteiger partial charge in [0.2, 0.25) is 11.8 Å². The van der Waals surface area contributed by atoms with Crippen molar-refractivity contribution in [2.75, 3.05) is 13.2 Å². The van der Waals surface area contributed by atoms with Gasteiger partial charge in [0.1, 0.15) is 41.7 Å². The number of aliphatic carboxylic acids is 1. The standard InChI is InChI=1S/C38H52N6O9/c1-6-8-9-10-12-30(40-35(49)53-37(3,4)5)33(46)44-24-29(20-31(44)32(45)41-38(34(47)48)21-27(38)7-2)52-36(50)42-22-25-13-14-28(19-26(25)23-42)51-18-17-43-16-11-15-39-43/h7,11,13-16,19,27,29-31H,2,6,8-10,12,17-18,20-24H2,1,3-5H3,(H,40,49)(H,41,45)(H,47,48)/t27?,29-,30+,31+,38-/m1/s1. The summed E-state index contributed by atoms with van der Waals surface area (Å²) in [5.74, 6) is -2.22. The molecular weight excluding hydrogens is 684 g/mol. The van der Waals surface area contributed by atoms with E-state index in [1.165, 1.54) is 15.9 Å². The molecule has 2 fully saturated rings. The molecule has 1 aromatic carbocycles. The lowest BCUT2D eigenvalue weighted by atomic mass is 10.1. The van der Waals surface area contributed by atoms with E-state index in [1.807, 2.05) is 30.5 Å². The van der Waals surface area contributed by atoms with Crippen LogP contribution in [-0.2, 0) is 43.5 Å². The number of alkyl carbamates (subject to hydrolysis) is 1. The van der Waals surface area contributed by atoms with Crippen molar-refractivity contribution in [2.45, 2.75) is 122 Å². The summed E-state index contributed by atoms with van der Waals surface area (Å²) in [6, 6.07) is 5.32. The lowest BCUT2D eigenvalue weighted by molar-refractivity contribution is -0.145. The van der Waals surface area contributed by atoms with Crippen molar-refractivity contribution < 1.29 is 43.3 Å². The predicted octanol–water partition coefficient (Wildman–Crippen LogP) is 4.39. The fraction of sp³-hybridized carbons (Fsp3) is 0.579. The predicted molar refractivity (Wildman–Crippen MR) is 193 cm³/mol. The first-order chi connectivity index (χ1) is 25.2. The molecule has 4 amide bonds. The average Bonchev–Trinajstić information content (AvgIpc) is 3.49. The van der Waals surface area contributed by atoms with Crippen molar-refractivity contribution in [3.63, 3.8) is 0 Å². The molecule has 5 atom stereocenters. The number of likely N-dealkylation sites (tertiary alicyclic amines) is 1. The van der Waals surface area contributed by atoms with Gasteiger partial charge in [0.05, 0.1) is 13.1 Å². The molecule has 1 saturated carbocycles. The molecule has 1 aromatic heterocycles. The Kier molecular flexibility index (Phi) is 12.3. The minimum absolute atomic E-state index is 0.0538. The summed E-state index contributed by atoms with van der Waals surface area (Å²) < 4.78 is 19.0.